The van der Waals surface area contributed by atoms with Crippen LogP contribution in [0.4, 0.5) is 28.0 Å². The summed E-state index contributed by atoms with van der Waals surface area (Å²) < 4.78 is 72.7. The van der Waals surface area contributed by atoms with Crippen LogP contribution in [0.2, 0.25) is 0 Å². The molecule has 0 saturated heterocycles. The third-order valence-corrected chi connectivity index (χ3v) is 5.48. The number of benzene rings is 2. The number of amides is 2. The van der Waals surface area contributed by atoms with Gasteiger partial charge in [0.2, 0.25) is 0 Å². The van der Waals surface area contributed by atoms with Gasteiger partial charge in [-0.3, -0.25) is 14.5 Å². The molecule has 1 N–H and O–H groups in total. The number of esters is 1. The summed E-state index contributed by atoms with van der Waals surface area (Å²) in [7, 11) is 0.908. The number of hydrogen-bond acceptors (Lipinski definition) is 6. The highest BCUT2D eigenvalue weighted by Crippen LogP contribution is 2.39. The highest BCUT2D eigenvalue weighted by molar-refractivity contribution is 6.02. The highest BCUT2D eigenvalue weighted by Gasteiger charge is 2.45. The monoisotopic (exact) mass is 580 g/mol. The summed E-state index contributed by atoms with van der Waals surface area (Å²) in [5, 5.41) is 2.50. The molecule has 41 heavy (non-hydrogen) atoms. The molecule has 0 aromatic heterocycles. The summed E-state index contributed by atoms with van der Waals surface area (Å²) in [6, 6.07) is 8.72. The quantitative estimate of drug-likeness (QED) is 0.207. The lowest BCUT2D eigenvalue weighted by molar-refractivity contribution is -0.171. The topological polar surface area (TPSA) is 94.2 Å². The number of alkyl halides is 3. The number of nitrogens with one attached hydrogen (secondary N) is 1. The van der Waals surface area contributed by atoms with E-state index in [1.165, 1.54) is 18.2 Å². The van der Waals surface area contributed by atoms with Crippen molar-refractivity contribution in [3.63, 3.8) is 0 Å². The summed E-state index contributed by atoms with van der Waals surface area (Å²) >= 11 is 0. The molecule has 0 spiro atoms. The second kappa shape index (κ2) is 13.8. The predicted octanol–water partition coefficient (Wildman–Crippen LogP) is 5.74. The van der Waals surface area contributed by atoms with Crippen LogP contribution in [-0.2, 0) is 32.1 Å². The smallest absolute Gasteiger partial charge is 0.471 e. The predicted molar refractivity (Wildman–Crippen MR) is 145 cm³/mol. The standard InChI is InChI=1S/C29H32F4N2O6/c1-7-19-14-22(40-17-18-12-10-9-11-13-18)25(35(16-23(36)39-6)26(37)29(31,32)33)24(30)21(19)15-20(8-2)34-27(38)41-28(3,4)5/h7-14,20H,1-2,15-17H2,3-6H3,(H,34,38). The second-order valence-electron chi connectivity index (χ2n) is 9.74. The maximum absolute atomic E-state index is 16.3. The molecular weight excluding hydrogens is 548 g/mol. The maximum Gasteiger partial charge on any atom is 0.471 e. The minimum atomic E-state index is -5.48. The number of ether oxygens (including phenoxy) is 3. The first-order valence-corrected chi connectivity index (χ1v) is 12.3. The summed E-state index contributed by atoms with van der Waals surface area (Å²) in [4.78, 5) is 36.8. The van der Waals surface area contributed by atoms with Crippen LogP contribution in [0.15, 0.2) is 55.6 Å². The molecule has 8 nitrogen and oxygen atoms in total. The van der Waals surface area contributed by atoms with E-state index in [-0.39, 0.29) is 29.1 Å². The molecule has 0 aliphatic rings. The highest BCUT2D eigenvalue weighted by atomic mass is 19.4. The Labute approximate surface area is 235 Å². The van der Waals surface area contributed by atoms with Gasteiger partial charge >= 0.3 is 24.1 Å². The molecule has 0 bridgehead atoms. The first kappa shape index (κ1) is 32.9. The molecule has 1 unspecified atom stereocenters. The number of rotatable bonds is 11. The normalized spacial score (nSPS) is 12.1. The molecule has 2 amide bonds. The number of nitrogens with zero attached hydrogens (tertiary/aromatic N) is 1. The lowest BCUT2D eigenvalue weighted by Crippen LogP contribution is -2.45. The van der Waals surface area contributed by atoms with E-state index in [0.717, 1.165) is 7.11 Å². The van der Waals surface area contributed by atoms with Gasteiger partial charge in [0.15, 0.2) is 5.82 Å². The molecular formula is C29H32F4N2O6. The van der Waals surface area contributed by atoms with Crippen molar-refractivity contribution in [1.29, 1.82) is 0 Å². The third kappa shape index (κ3) is 9.37. The Hall–Kier alpha value is -4.35. The summed E-state index contributed by atoms with van der Waals surface area (Å²) in [5.41, 5.74) is -1.31. The Bertz CT molecular complexity index is 1270. The van der Waals surface area contributed by atoms with Gasteiger partial charge in [-0.05, 0) is 49.9 Å². The molecule has 2 aromatic rings. The first-order chi connectivity index (χ1) is 19.1. The van der Waals surface area contributed by atoms with Gasteiger partial charge in [-0.15, -0.1) is 6.58 Å². The minimum Gasteiger partial charge on any atom is -0.487 e. The van der Waals surface area contributed by atoms with Crippen molar-refractivity contribution in [2.75, 3.05) is 18.6 Å². The molecule has 0 aliphatic heterocycles. The Morgan fingerprint density at radius 3 is 2.24 bits per heavy atom. The fourth-order valence-corrected chi connectivity index (χ4v) is 3.63. The van der Waals surface area contributed by atoms with Gasteiger partial charge in [0.1, 0.15) is 30.2 Å². The van der Waals surface area contributed by atoms with Gasteiger partial charge in [-0.1, -0.05) is 49.1 Å². The van der Waals surface area contributed by atoms with Gasteiger partial charge in [0.05, 0.1) is 13.2 Å². The molecule has 0 heterocycles. The Morgan fingerprint density at radius 2 is 1.73 bits per heavy atom. The maximum atomic E-state index is 16.3. The summed E-state index contributed by atoms with van der Waals surface area (Å²) in [6.07, 6.45) is -4.13. The van der Waals surface area contributed by atoms with Crippen LogP contribution in [0.1, 0.15) is 37.5 Å². The van der Waals surface area contributed by atoms with Crippen LogP contribution >= 0.6 is 0 Å². The van der Waals surface area contributed by atoms with Crippen molar-refractivity contribution in [2.45, 2.75) is 51.6 Å². The molecule has 2 aromatic carbocycles. The van der Waals surface area contributed by atoms with Gasteiger partial charge < -0.3 is 19.5 Å². The minimum absolute atomic E-state index is 0.0813. The van der Waals surface area contributed by atoms with E-state index in [9.17, 15) is 27.6 Å². The van der Waals surface area contributed by atoms with Crippen molar-refractivity contribution >= 4 is 29.7 Å². The fourth-order valence-electron chi connectivity index (χ4n) is 3.63. The third-order valence-electron chi connectivity index (χ3n) is 5.48. The van der Waals surface area contributed by atoms with E-state index in [0.29, 0.717) is 5.56 Å². The van der Waals surface area contributed by atoms with Crippen LogP contribution in [0.25, 0.3) is 6.08 Å². The summed E-state index contributed by atoms with van der Waals surface area (Å²) in [6.45, 7) is 10.7. The molecule has 0 fully saturated rings. The lowest BCUT2D eigenvalue weighted by Gasteiger charge is -2.28. The van der Waals surface area contributed by atoms with E-state index >= 15 is 4.39 Å². The van der Waals surface area contributed by atoms with E-state index in [4.69, 9.17) is 9.47 Å². The molecule has 0 saturated carbocycles. The number of carbonyl (C=O) groups is 3. The van der Waals surface area contributed by atoms with Crippen LogP contribution in [0, 0.1) is 5.82 Å². The zero-order chi connectivity index (χ0) is 31.0. The number of halogens is 4. The molecule has 1 atom stereocenters. The number of hydrogen-bond donors (Lipinski definition) is 1. The van der Waals surface area contributed by atoms with E-state index < -0.39 is 59.6 Å². The van der Waals surface area contributed by atoms with Gasteiger partial charge in [0.25, 0.3) is 0 Å². The zero-order valence-corrected chi connectivity index (χ0v) is 23.1. The number of anilines is 1. The van der Waals surface area contributed by atoms with Crippen molar-refractivity contribution in [3.05, 3.63) is 78.1 Å². The van der Waals surface area contributed by atoms with E-state index in [2.05, 4.69) is 23.2 Å². The number of alkyl carbamates (subject to hydrolysis) is 1. The number of methoxy groups -OCH3 is 1. The van der Waals surface area contributed by atoms with E-state index in [1.54, 1.807) is 51.1 Å². The zero-order valence-electron chi connectivity index (χ0n) is 23.1. The van der Waals surface area contributed by atoms with Crippen molar-refractivity contribution in [3.8, 4) is 5.75 Å². The molecule has 12 heteroatoms. The van der Waals surface area contributed by atoms with E-state index in [1.807, 2.05) is 0 Å². The van der Waals surface area contributed by atoms with Crippen LogP contribution < -0.4 is 15.0 Å². The first-order valence-electron chi connectivity index (χ1n) is 12.3. The average Bonchev–Trinajstić information content (AvgIpc) is 2.89. The largest absolute Gasteiger partial charge is 0.487 e. The second-order valence-corrected chi connectivity index (χ2v) is 9.74. The molecule has 0 aliphatic carbocycles. The lowest BCUT2D eigenvalue weighted by atomic mass is 9.97. The van der Waals surface area contributed by atoms with Gasteiger partial charge in [0, 0.05) is 0 Å². The molecule has 0 radical (unpaired) electrons. The van der Waals surface area contributed by atoms with Gasteiger partial charge in [-0.2, -0.15) is 13.2 Å². The Morgan fingerprint density at radius 1 is 1.10 bits per heavy atom. The fraction of sp³-hybridized carbons (Fsp3) is 0.345. The van der Waals surface area contributed by atoms with Crippen molar-refractivity contribution in [2.24, 2.45) is 0 Å². The molecule has 2 rings (SSSR count). The Balaban J connectivity index is 2.70. The van der Waals surface area contributed by atoms with Crippen LogP contribution in [0.5, 0.6) is 5.75 Å². The Kier molecular flexibility index (Phi) is 11.1. The SMILES string of the molecule is C=Cc1cc(OCc2ccccc2)c(N(CC(=O)OC)C(=O)C(F)(F)F)c(F)c1CC(C=C)NC(=O)OC(C)(C)C. The van der Waals surface area contributed by atoms with Crippen molar-refractivity contribution in [1.82, 2.24) is 5.32 Å². The summed E-state index contributed by atoms with van der Waals surface area (Å²) in [5.74, 6) is -5.51. The number of carbonyl (C=O) groups excluding carboxylic acids is 3. The molecule has 222 valence electrons. The van der Waals surface area contributed by atoms with Crippen molar-refractivity contribution < 1.29 is 46.2 Å². The average molecular weight is 581 g/mol. The van der Waals surface area contributed by atoms with Crippen LogP contribution in [-0.4, -0.2) is 49.4 Å². The van der Waals surface area contributed by atoms with Gasteiger partial charge in [-0.25, -0.2) is 9.18 Å². The van der Waals surface area contributed by atoms with Crippen LogP contribution in [0.3, 0.4) is 0 Å².